The van der Waals surface area contributed by atoms with Gasteiger partial charge < -0.3 is 4.74 Å². The van der Waals surface area contributed by atoms with E-state index in [1.807, 2.05) is 0 Å². The van der Waals surface area contributed by atoms with Crippen molar-refractivity contribution in [3.05, 3.63) is 30.1 Å². The first kappa shape index (κ1) is 12.4. The van der Waals surface area contributed by atoms with Crippen LogP contribution in [-0.2, 0) is 14.8 Å². The first-order chi connectivity index (χ1) is 7.45. The van der Waals surface area contributed by atoms with Crippen molar-refractivity contribution in [3.63, 3.8) is 0 Å². The van der Waals surface area contributed by atoms with Gasteiger partial charge in [-0.25, -0.2) is 22.3 Å². The standard InChI is InChI=1S/C9H10FNO4S/c1-2-15-9(12)11-16(13,14)8-5-3-7(10)4-6-8/h3-6H,2H2,1H3,(H,11,12). The highest BCUT2D eigenvalue weighted by Crippen LogP contribution is 2.09. The van der Waals surface area contributed by atoms with Crippen LogP contribution in [0.25, 0.3) is 0 Å². The molecule has 0 fully saturated rings. The lowest BCUT2D eigenvalue weighted by Gasteiger charge is -2.06. The van der Waals surface area contributed by atoms with Gasteiger partial charge in [0.25, 0.3) is 10.0 Å². The van der Waals surface area contributed by atoms with Crippen LogP contribution >= 0.6 is 0 Å². The monoisotopic (exact) mass is 247 g/mol. The number of halogens is 1. The van der Waals surface area contributed by atoms with Crippen molar-refractivity contribution in [2.45, 2.75) is 11.8 Å². The second kappa shape index (κ2) is 4.93. The Hall–Kier alpha value is -1.63. The fourth-order valence-corrected chi connectivity index (χ4v) is 1.83. The van der Waals surface area contributed by atoms with Crippen LogP contribution in [0.5, 0.6) is 0 Å². The van der Waals surface area contributed by atoms with Crippen LogP contribution in [-0.4, -0.2) is 21.1 Å². The Kier molecular flexibility index (Phi) is 3.83. The zero-order valence-electron chi connectivity index (χ0n) is 8.44. The summed E-state index contributed by atoms with van der Waals surface area (Å²) in [6.07, 6.45) is -1.06. The fraction of sp³-hybridized carbons (Fsp3) is 0.222. The number of hydrogen-bond acceptors (Lipinski definition) is 4. The maximum atomic E-state index is 12.6. The van der Waals surface area contributed by atoms with Crippen molar-refractivity contribution in [3.8, 4) is 0 Å². The molecule has 0 aromatic heterocycles. The van der Waals surface area contributed by atoms with E-state index in [9.17, 15) is 17.6 Å². The molecule has 0 saturated carbocycles. The van der Waals surface area contributed by atoms with Gasteiger partial charge in [0.1, 0.15) is 5.82 Å². The zero-order chi connectivity index (χ0) is 12.2. The van der Waals surface area contributed by atoms with E-state index in [-0.39, 0.29) is 11.5 Å². The summed E-state index contributed by atoms with van der Waals surface area (Å²) in [5.41, 5.74) is 0. The topological polar surface area (TPSA) is 72.5 Å². The van der Waals surface area contributed by atoms with Gasteiger partial charge in [0.2, 0.25) is 0 Å². The molecule has 5 nitrogen and oxygen atoms in total. The molecular formula is C9H10FNO4S. The third-order valence-corrected chi connectivity index (χ3v) is 2.95. The van der Waals surface area contributed by atoms with Gasteiger partial charge in [0.05, 0.1) is 11.5 Å². The molecule has 1 N–H and O–H groups in total. The number of nitrogens with one attached hydrogen (secondary N) is 1. The van der Waals surface area contributed by atoms with Crippen LogP contribution in [0.2, 0.25) is 0 Å². The lowest BCUT2D eigenvalue weighted by atomic mass is 10.4. The molecule has 1 aromatic carbocycles. The van der Waals surface area contributed by atoms with Crippen LogP contribution in [0.4, 0.5) is 9.18 Å². The molecule has 0 saturated heterocycles. The number of carbonyl (C=O) groups is 1. The average molecular weight is 247 g/mol. The van der Waals surface area contributed by atoms with Gasteiger partial charge in [-0.3, -0.25) is 0 Å². The molecule has 0 unspecified atom stereocenters. The van der Waals surface area contributed by atoms with E-state index < -0.39 is 21.9 Å². The molecule has 0 aliphatic carbocycles. The number of benzene rings is 1. The fourth-order valence-electron chi connectivity index (χ4n) is 0.943. The molecule has 0 aliphatic rings. The Bertz CT molecular complexity index is 469. The minimum atomic E-state index is -3.99. The molecule has 1 aromatic rings. The van der Waals surface area contributed by atoms with E-state index >= 15 is 0 Å². The maximum absolute atomic E-state index is 12.6. The van der Waals surface area contributed by atoms with Crippen LogP contribution in [0.15, 0.2) is 29.2 Å². The largest absolute Gasteiger partial charge is 0.449 e. The zero-order valence-corrected chi connectivity index (χ0v) is 9.25. The molecule has 0 radical (unpaired) electrons. The predicted molar refractivity (Wildman–Crippen MR) is 53.7 cm³/mol. The summed E-state index contributed by atoms with van der Waals surface area (Å²) < 4.78 is 41.6. The summed E-state index contributed by atoms with van der Waals surface area (Å²) >= 11 is 0. The lowest BCUT2D eigenvalue weighted by molar-refractivity contribution is 0.158. The second-order valence-electron chi connectivity index (χ2n) is 2.78. The molecule has 16 heavy (non-hydrogen) atoms. The summed E-state index contributed by atoms with van der Waals surface area (Å²) in [6, 6.07) is 4.08. The van der Waals surface area contributed by atoms with Gasteiger partial charge >= 0.3 is 6.09 Å². The summed E-state index contributed by atoms with van der Waals surface area (Å²) in [6.45, 7) is 1.61. The summed E-state index contributed by atoms with van der Waals surface area (Å²) in [7, 11) is -3.99. The van der Waals surface area contributed by atoms with Crippen molar-refractivity contribution in [1.82, 2.24) is 4.72 Å². The van der Waals surface area contributed by atoms with E-state index in [0.717, 1.165) is 24.3 Å². The number of ether oxygens (including phenoxy) is 1. The number of sulfonamides is 1. The van der Waals surface area contributed by atoms with Gasteiger partial charge in [0, 0.05) is 0 Å². The highest BCUT2D eigenvalue weighted by atomic mass is 32.2. The van der Waals surface area contributed by atoms with Crippen LogP contribution in [0.3, 0.4) is 0 Å². The molecular weight excluding hydrogens is 237 g/mol. The van der Waals surface area contributed by atoms with Gasteiger partial charge in [-0.1, -0.05) is 0 Å². The van der Waals surface area contributed by atoms with Crippen molar-refractivity contribution in [2.24, 2.45) is 0 Å². The summed E-state index contributed by atoms with van der Waals surface area (Å²) in [5.74, 6) is -0.560. The van der Waals surface area contributed by atoms with Crippen molar-refractivity contribution < 1.29 is 22.3 Å². The normalized spacial score (nSPS) is 10.9. The smallest absolute Gasteiger partial charge is 0.421 e. The molecule has 0 spiro atoms. The minimum Gasteiger partial charge on any atom is -0.449 e. The van der Waals surface area contributed by atoms with Crippen molar-refractivity contribution in [2.75, 3.05) is 6.61 Å². The molecule has 1 amide bonds. The number of carbonyl (C=O) groups excluding carboxylic acids is 1. The van der Waals surface area contributed by atoms with Gasteiger partial charge in [-0.15, -0.1) is 0 Å². The van der Waals surface area contributed by atoms with Crippen molar-refractivity contribution in [1.29, 1.82) is 0 Å². The van der Waals surface area contributed by atoms with E-state index in [1.165, 1.54) is 0 Å². The highest BCUT2D eigenvalue weighted by Gasteiger charge is 2.17. The summed E-state index contributed by atoms with van der Waals surface area (Å²) in [4.78, 5) is 10.7. The van der Waals surface area contributed by atoms with Crippen molar-refractivity contribution >= 4 is 16.1 Å². The molecule has 1 rings (SSSR count). The minimum absolute atomic E-state index is 0.0603. The molecule has 0 bridgehead atoms. The lowest BCUT2D eigenvalue weighted by Crippen LogP contribution is -2.31. The molecule has 0 aliphatic heterocycles. The van der Waals surface area contributed by atoms with E-state index in [0.29, 0.717) is 0 Å². The van der Waals surface area contributed by atoms with Gasteiger partial charge in [-0.2, -0.15) is 0 Å². The van der Waals surface area contributed by atoms with E-state index in [2.05, 4.69) is 4.74 Å². The molecule has 88 valence electrons. The average Bonchev–Trinajstić information content (AvgIpc) is 2.17. The van der Waals surface area contributed by atoms with Crippen LogP contribution in [0.1, 0.15) is 6.92 Å². The Morgan fingerprint density at radius 3 is 2.44 bits per heavy atom. The number of hydrogen-bond donors (Lipinski definition) is 1. The van der Waals surface area contributed by atoms with E-state index in [4.69, 9.17) is 0 Å². The van der Waals surface area contributed by atoms with Crippen LogP contribution in [0, 0.1) is 5.82 Å². The Balaban J connectivity index is 2.86. The Labute approximate surface area is 92.3 Å². The molecule has 0 atom stereocenters. The highest BCUT2D eigenvalue weighted by molar-refractivity contribution is 7.90. The SMILES string of the molecule is CCOC(=O)NS(=O)(=O)c1ccc(F)cc1. The quantitative estimate of drug-likeness (QED) is 0.872. The second-order valence-corrected chi connectivity index (χ2v) is 4.46. The first-order valence-electron chi connectivity index (χ1n) is 4.41. The Morgan fingerprint density at radius 1 is 1.38 bits per heavy atom. The van der Waals surface area contributed by atoms with Crippen LogP contribution < -0.4 is 4.72 Å². The third kappa shape index (κ3) is 3.20. The number of amides is 1. The first-order valence-corrected chi connectivity index (χ1v) is 5.89. The number of rotatable bonds is 3. The molecule has 7 heteroatoms. The summed E-state index contributed by atoms with van der Waals surface area (Å²) in [5, 5.41) is 0. The van der Waals surface area contributed by atoms with Gasteiger partial charge in [0.15, 0.2) is 0 Å². The Morgan fingerprint density at radius 2 is 1.94 bits per heavy atom. The predicted octanol–water partition coefficient (Wildman–Crippen LogP) is 1.26. The third-order valence-electron chi connectivity index (χ3n) is 1.62. The molecule has 0 heterocycles. The van der Waals surface area contributed by atoms with E-state index in [1.54, 1.807) is 11.6 Å². The van der Waals surface area contributed by atoms with Gasteiger partial charge in [-0.05, 0) is 31.2 Å². The maximum Gasteiger partial charge on any atom is 0.421 e.